The highest BCUT2D eigenvalue weighted by molar-refractivity contribution is 6.32. The number of rotatable bonds is 4. The number of anilines is 2. The van der Waals surface area contributed by atoms with Crippen LogP contribution in [-0.4, -0.2) is 28.5 Å². The lowest BCUT2D eigenvalue weighted by Crippen LogP contribution is -2.51. The lowest BCUT2D eigenvalue weighted by atomic mass is 9.86. The summed E-state index contributed by atoms with van der Waals surface area (Å²) in [5.41, 5.74) is -0.141. The summed E-state index contributed by atoms with van der Waals surface area (Å²) in [4.78, 5) is 34.8. The molecule has 0 radical (unpaired) electrons. The molecule has 1 atom stereocenters. The maximum Gasteiger partial charge on any atom is 0.416 e. The molecule has 7 nitrogen and oxygen atoms in total. The number of fused-ring (bicyclic) bond motifs is 4. The second-order valence-electron chi connectivity index (χ2n) is 10.4. The molecule has 4 aromatic rings. The van der Waals surface area contributed by atoms with Crippen LogP contribution in [0.5, 0.6) is 5.75 Å². The van der Waals surface area contributed by atoms with Gasteiger partial charge in [-0.2, -0.15) is 13.2 Å². The average Bonchev–Trinajstić information content (AvgIpc) is 3.53. The summed E-state index contributed by atoms with van der Waals surface area (Å²) in [6.45, 7) is 5.47. The third-order valence-electron chi connectivity index (χ3n) is 7.64. The maximum atomic E-state index is 14.4. The number of ether oxygens (including phenoxy) is 1. The van der Waals surface area contributed by atoms with Gasteiger partial charge in [0, 0.05) is 27.3 Å². The number of carbonyl (C=O) groups is 2. The Labute approximate surface area is 248 Å². The van der Waals surface area contributed by atoms with Crippen LogP contribution < -0.4 is 15.0 Å². The van der Waals surface area contributed by atoms with E-state index in [1.54, 1.807) is 47.9 Å². The highest BCUT2D eigenvalue weighted by Gasteiger charge is 2.64. The topological polar surface area (TPSA) is 76.5 Å². The molecule has 6 rings (SSSR count). The second kappa shape index (κ2) is 9.50. The zero-order chi connectivity index (χ0) is 30.3. The first-order chi connectivity index (χ1) is 19.8. The first kappa shape index (κ1) is 28.1. The van der Waals surface area contributed by atoms with E-state index in [2.05, 4.69) is 5.32 Å². The van der Waals surface area contributed by atoms with Gasteiger partial charge in [-0.05, 0) is 68.8 Å². The molecular formula is C30H23Cl2F3N4O3. The predicted octanol–water partition coefficient (Wildman–Crippen LogP) is 7.63. The van der Waals surface area contributed by atoms with E-state index in [4.69, 9.17) is 32.9 Å². The Morgan fingerprint density at radius 1 is 1.00 bits per heavy atom. The van der Waals surface area contributed by atoms with Crippen molar-refractivity contribution in [3.63, 3.8) is 0 Å². The first-order valence-electron chi connectivity index (χ1n) is 12.9. The van der Waals surface area contributed by atoms with Gasteiger partial charge in [-0.25, -0.2) is 4.98 Å². The van der Waals surface area contributed by atoms with Crippen LogP contribution in [0.2, 0.25) is 10.0 Å². The summed E-state index contributed by atoms with van der Waals surface area (Å²) >= 11 is 12.7. The number of hydrogen-bond acceptors (Lipinski definition) is 4. The van der Waals surface area contributed by atoms with Gasteiger partial charge in [0.15, 0.2) is 11.2 Å². The number of hydrogen-bond donors (Lipinski definition) is 1. The molecule has 1 aromatic heterocycles. The van der Waals surface area contributed by atoms with E-state index in [1.807, 2.05) is 13.8 Å². The minimum Gasteiger partial charge on any atom is -0.496 e. The zero-order valence-electron chi connectivity index (χ0n) is 22.7. The fraction of sp³-hybridized carbons (Fsp3) is 0.233. The number of imidazole rings is 1. The van der Waals surface area contributed by atoms with Gasteiger partial charge in [0.2, 0.25) is 0 Å². The van der Waals surface area contributed by atoms with E-state index in [0.29, 0.717) is 32.5 Å². The summed E-state index contributed by atoms with van der Waals surface area (Å²) in [5.74, 6) is -0.979. The van der Waals surface area contributed by atoms with Gasteiger partial charge < -0.3 is 14.6 Å². The molecule has 216 valence electrons. The Morgan fingerprint density at radius 2 is 1.69 bits per heavy atom. The molecule has 0 bridgehead atoms. The first-order valence-corrected chi connectivity index (χ1v) is 13.7. The number of nitrogens with zero attached hydrogens (tertiary/aromatic N) is 3. The van der Waals surface area contributed by atoms with Gasteiger partial charge in [0.05, 0.1) is 29.6 Å². The maximum absolute atomic E-state index is 14.4. The van der Waals surface area contributed by atoms with Crippen LogP contribution in [0.1, 0.15) is 52.8 Å². The third-order valence-corrected chi connectivity index (χ3v) is 8.11. The Morgan fingerprint density at radius 3 is 2.36 bits per heavy atom. The molecule has 3 aromatic carbocycles. The van der Waals surface area contributed by atoms with Crippen LogP contribution in [0.15, 0.2) is 54.6 Å². The van der Waals surface area contributed by atoms with Crippen molar-refractivity contribution in [2.75, 3.05) is 17.3 Å². The van der Waals surface area contributed by atoms with E-state index in [9.17, 15) is 22.8 Å². The number of alkyl halides is 3. The fourth-order valence-electron chi connectivity index (χ4n) is 5.88. The van der Waals surface area contributed by atoms with Crippen molar-refractivity contribution in [1.82, 2.24) is 9.55 Å². The molecular weight excluding hydrogens is 592 g/mol. The van der Waals surface area contributed by atoms with Crippen LogP contribution in [0.3, 0.4) is 0 Å². The number of carbonyl (C=O) groups excluding carboxylic acids is 2. The molecule has 2 amide bonds. The average molecular weight is 615 g/mol. The van der Waals surface area contributed by atoms with Gasteiger partial charge in [-0.15, -0.1) is 0 Å². The molecule has 0 saturated carbocycles. The summed E-state index contributed by atoms with van der Waals surface area (Å²) < 4.78 is 47.6. The number of halogens is 5. The zero-order valence-corrected chi connectivity index (χ0v) is 24.2. The smallest absolute Gasteiger partial charge is 0.416 e. The Balaban J connectivity index is 1.71. The number of amides is 2. The van der Waals surface area contributed by atoms with E-state index in [-0.39, 0.29) is 28.5 Å². The van der Waals surface area contributed by atoms with Crippen molar-refractivity contribution >= 4 is 46.4 Å². The Kier molecular flexibility index (Phi) is 6.36. The van der Waals surface area contributed by atoms with Crippen molar-refractivity contribution < 1.29 is 27.5 Å². The molecule has 0 saturated heterocycles. The molecule has 1 N–H and O–H groups in total. The molecule has 1 spiro atoms. The molecule has 2 aliphatic heterocycles. The van der Waals surface area contributed by atoms with Crippen LogP contribution >= 0.6 is 23.2 Å². The number of methoxy groups -OCH3 is 1. The van der Waals surface area contributed by atoms with Crippen molar-refractivity contribution in [3.8, 4) is 17.1 Å². The van der Waals surface area contributed by atoms with E-state index in [1.165, 1.54) is 18.1 Å². The second-order valence-corrected chi connectivity index (χ2v) is 11.3. The SMILES string of the molecule is COc1cc(C(F)(F)F)ccc1-c1nc2c(n1C(C)C)[C@@]1(C(=O)Nc3cc(Cl)ccc31)N(c1cc(Cl)ccc1C)C2=O. The Hall–Kier alpha value is -4.02. The highest BCUT2D eigenvalue weighted by Crippen LogP contribution is 2.55. The standard InChI is InChI=1S/C30H23Cl2F3N4O3/c1-14(2)38-25-24(37-26(38)19-9-6-16(30(33,34)35)11-23(19)42-4)27(40)39(22-13-18(32)7-5-15(22)3)29(25)20-10-8-17(31)12-21(20)36-28(29)41/h5-14H,1-4H3,(H,36,41)/t29-/m0/s1. The van der Waals surface area contributed by atoms with Crippen molar-refractivity contribution in [1.29, 1.82) is 0 Å². The molecule has 12 heteroatoms. The van der Waals surface area contributed by atoms with Crippen molar-refractivity contribution in [3.05, 3.63) is 92.7 Å². The third kappa shape index (κ3) is 3.85. The van der Waals surface area contributed by atoms with E-state index >= 15 is 0 Å². The van der Waals surface area contributed by atoms with Crippen LogP contribution in [0.25, 0.3) is 11.4 Å². The summed E-state index contributed by atoms with van der Waals surface area (Å²) in [5, 5.41) is 3.63. The van der Waals surface area contributed by atoms with Crippen LogP contribution in [0, 0.1) is 6.92 Å². The monoisotopic (exact) mass is 614 g/mol. The number of aromatic nitrogens is 2. The minimum absolute atomic E-state index is 0.0158. The molecule has 0 unspecified atom stereocenters. The summed E-state index contributed by atoms with van der Waals surface area (Å²) in [6, 6.07) is 12.6. The minimum atomic E-state index is -4.59. The van der Waals surface area contributed by atoms with Crippen molar-refractivity contribution in [2.45, 2.75) is 38.5 Å². The quantitative estimate of drug-likeness (QED) is 0.256. The van der Waals surface area contributed by atoms with Gasteiger partial charge in [0.1, 0.15) is 11.6 Å². The summed E-state index contributed by atoms with van der Waals surface area (Å²) in [7, 11) is 1.26. The molecule has 0 fully saturated rings. The molecule has 0 aliphatic carbocycles. The summed E-state index contributed by atoms with van der Waals surface area (Å²) in [6.07, 6.45) is -4.59. The Bertz CT molecular complexity index is 1820. The largest absolute Gasteiger partial charge is 0.496 e. The molecule has 3 heterocycles. The number of benzene rings is 3. The van der Waals surface area contributed by atoms with Crippen LogP contribution in [-0.2, 0) is 16.5 Å². The molecule has 2 aliphatic rings. The normalized spacial score (nSPS) is 17.7. The van der Waals surface area contributed by atoms with Gasteiger partial charge in [0.25, 0.3) is 11.8 Å². The number of aryl methyl sites for hydroxylation is 1. The fourth-order valence-corrected chi connectivity index (χ4v) is 6.22. The lowest BCUT2D eigenvalue weighted by Gasteiger charge is -2.36. The lowest BCUT2D eigenvalue weighted by molar-refractivity contribution is -0.137. The molecule has 42 heavy (non-hydrogen) atoms. The predicted molar refractivity (Wildman–Crippen MR) is 153 cm³/mol. The van der Waals surface area contributed by atoms with Gasteiger partial charge >= 0.3 is 6.18 Å². The van der Waals surface area contributed by atoms with Gasteiger partial charge in [-0.3, -0.25) is 14.5 Å². The van der Waals surface area contributed by atoms with Crippen molar-refractivity contribution in [2.24, 2.45) is 0 Å². The van der Waals surface area contributed by atoms with E-state index in [0.717, 1.165) is 12.1 Å². The van der Waals surface area contributed by atoms with Gasteiger partial charge in [-0.1, -0.05) is 35.3 Å². The van der Waals surface area contributed by atoms with E-state index < -0.39 is 35.1 Å². The number of nitrogens with one attached hydrogen (secondary N) is 1. The van der Waals surface area contributed by atoms with Crippen LogP contribution in [0.4, 0.5) is 24.5 Å². The highest BCUT2D eigenvalue weighted by atomic mass is 35.5.